The molecule has 2 N–H and O–H groups in total. The number of nitrogens with zero attached hydrogens (tertiary/aromatic N) is 2. The molecule has 0 amide bonds. The van der Waals surface area contributed by atoms with Gasteiger partial charge in [0.05, 0.1) is 36.9 Å². The van der Waals surface area contributed by atoms with E-state index >= 15 is 0 Å². The van der Waals surface area contributed by atoms with E-state index in [1.165, 1.54) is 0 Å². The Morgan fingerprint density at radius 1 is 1.12 bits per heavy atom. The van der Waals surface area contributed by atoms with Gasteiger partial charge in [-0.15, -0.1) is 0 Å². The molecule has 0 aliphatic rings. The number of nitriles is 1. The van der Waals surface area contributed by atoms with Gasteiger partial charge in [-0.2, -0.15) is 5.26 Å². The molecule has 6 nitrogen and oxygen atoms in total. The highest BCUT2D eigenvalue weighted by molar-refractivity contribution is 5.89. The van der Waals surface area contributed by atoms with E-state index in [0.717, 1.165) is 37.1 Å². The van der Waals surface area contributed by atoms with Crippen LogP contribution < -0.4 is 0 Å². The van der Waals surface area contributed by atoms with Gasteiger partial charge in [-0.3, -0.25) is 0 Å². The van der Waals surface area contributed by atoms with Gasteiger partial charge in [-0.25, -0.2) is 4.79 Å². The Morgan fingerprint density at radius 2 is 1.85 bits per heavy atom. The molecule has 2 aromatic carbocycles. The number of hydrogen-bond donors (Lipinski definition) is 2. The van der Waals surface area contributed by atoms with E-state index in [9.17, 15) is 20.3 Å². The van der Waals surface area contributed by atoms with Gasteiger partial charge in [0.25, 0.3) is 0 Å². The number of esters is 1. The van der Waals surface area contributed by atoms with Crippen LogP contribution in [0.25, 0.3) is 0 Å². The second-order valence-corrected chi connectivity index (χ2v) is 9.12. The third-order valence-corrected chi connectivity index (χ3v) is 6.58. The fraction of sp³-hybridized carbons (Fsp3) is 0.500. The minimum absolute atomic E-state index is 0.0972. The zero-order valence-electron chi connectivity index (χ0n) is 20.9. The standard InChI is InChI=1S/C28H38N2O4/c1-5-34-27(33)23-9-6-8-22(16-23)12-15-30(4)14-7-13-28(20-29,21(2)3)26-11-10-24(18-31)25(17-26)19-32/h6,8-11,16-17,21,31-32H,5,7,12-15,18-19H2,1-4H3. The molecule has 34 heavy (non-hydrogen) atoms. The second kappa shape index (κ2) is 13.2. The minimum atomic E-state index is -0.660. The molecule has 184 valence electrons. The quantitative estimate of drug-likeness (QED) is 0.429. The summed E-state index contributed by atoms with van der Waals surface area (Å²) in [4.78, 5) is 14.2. The van der Waals surface area contributed by atoms with Gasteiger partial charge in [-0.1, -0.05) is 44.2 Å². The maximum Gasteiger partial charge on any atom is 0.338 e. The molecule has 2 aromatic rings. The number of aliphatic hydroxyl groups excluding tert-OH is 2. The molecule has 6 heteroatoms. The van der Waals surface area contributed by atoms with Gasteiger partial charge < -0.3 is 19.8 Å². The minimum Gasteiger partial charge on any atom is -0.462 e. The summed E-state index contributed by atoms with van der Waals surface area (Å²) in [5.74, 6) is -0.199. The first kappa shape index (κ1) is 27.5. The molecule has 0 heterocycles. The molecule has 1 atom stereocenters. The average Bonchev–Trinajstić information content (AvgIpc) is 2.85. The Hall–Kier alpha value is -2.72. The van der Waals surface area contributed by atoms with Crippen molar-refractivity contribution < 1.29 is 19.7 Å². The highest BCUT2D eigenvalue weighted by Crippen LogP contribution is 2.37. The van der Waals surface area contributed by atoms with Gasteiger partial charge in [0.2, 0.25) is 0 Å². The van der Waals surface area contributed by atoms with Gasteiger partial charge in [0.1, 0.15) is 0 Å². The first-order valence-electron chi connectivity index (χ1n) is 12.0. The molecule has 0 saturated heterocycles. The molecule has 0 aliphatic carbocycles. The monoisotopic (exact) mass is 466 g/mol. The number of hydrogen-bond acceptors (Lipinski definition) is 6. The number of benzene rings is 2. The SMILES string of the molecule is CCOC(=O)c1cccc(CCN(C)CCCC(C#N)(c2ccc(CO)c(CO)c2)C(C)C)c1. The summed E-state index contributed by atoms with van der Waals surface area (Å²) in [5, 5.41) is 29.4. The van der Waals surface area contributed by atoms with Crippen LogP contribution in [0.5, 0.6) is 0 Å². The topological polar surface area (TPSA) is 93.8 Å². The summed E-state index contributed by atoms with van der Waals surface area (Å²) in [6.07, 6.45) is 2.37. The van der Waals surface area contributed by atoms with Crippen LogP contribution >= 0.6 is 0 Å². The number of ether oxygens (including phenoxy) is 1. The van der Waals surface area contributed by atoms with Crippen molar-refractivity contribution in [3.63, 3.8) is 0 Å². The largest absolute Gasteiger partial charge is 0.462 e. The van der Waals surface area contributed by atoms with E-state index in [1.807, 2.05) is 36.4 Å². The third kappa shape index (κ3) is 6.89. The highest BCUT2D eigenvalue weighted by atomic mass is 16.5. The Morgan fingerprint density at radius 3 is 2.47 bits per heavy atom. The van der Waals surface area contributed by atoms with Gasteiger partial charge in [0, 0.05) is 6.54 Å². The predicted octanol–water partition coefficient (Wildman–Crippen LogP) is 4.22. The second-order valence-electron chi connectivity index (χ2n) is 9.12. The molecule has 0 fully saturated rings. The van der Waals surface area contributed by atoms with Crippen molar-refractivity contribution in [3.05, 3.63) is 70.3 Å². The molecule has 0 radical (unpaired) electrons. The van der Waals surface area contributed by atoms with Crippen molar-refractivity contribution in [3.8, 4) is 6.07 Å². The van der Waals surface area contributed by atoms with Crippen molar-refractivity contribution >= 4 is 5.97 Å². The first-order chi connectivity index (χ1) is 16.3. The van der Waals surface area contributed by atoms with Crippen molar-refractivity contribution in [2.24, 2.45) is 5.92 Å². The van der Waals surface area contributed by atoms with Crippen LogP contribution in [0.15, 0.2) is 42.5 Å². The molecule has 0 spiro atoms. The van der Waals surface area contributed by atoms with Crippen LogP contribution in [-0.2, 0) is 29.8 Å². The van der Waals surface area contributed by atoms with Crippen LogP contribution in [0.3, 0.4) is 0 Å². The first-order valence-corrected chi connectivity index (χ1v) is 12.0. The van der Waals surface area contributed by atoms with E-state index in [-0.39, 0.29) is 25.1 Å². The van der Waals surface area contributed by atoms with Crippen molar-refractivity contribution in [1.29, 1.82) is 5.26 Å². The maximum atomic E-state index is 12.0. The summed E-state index contributed by atoms with van der Waals surface area (Å²) in [6.45, 7) is 7.66. The average molecular weight is 467 g/mol. The number of aliphatic hydroxyl groups is 2. The molecular weight excluding hydrogens is 428 g/mol. The van der Waals surface area contributed by atoms with E-state index in [2.05, 4.69) is 31.9 Å². The number of carbonyl (C=O) groups excluding carboxylic acids is 1. The lowest BCUT2D eigenvalue weighted by atomic mass is 9.69. The summed E-state index contributed by atoms with van der Waals surface area (Å²) >= 11 is 0. The predicted molar refractivity (Wildman–Crippen MR) is 133 cm³/mol. The third-order valence-electron chi connectivity index (χ3n) is 6.58. The van der Waals surface area contributed by atoms with E-state index in [1.54, 1.807) is 13.0 Å². The normalized spacial score (nSPS) is 13.0. The molecular formula is C28H38N2O4. The van der Waals surface area contributed by atoms with Crippen molar-refractivity contribution in [2.75, 3.05) is 26.7 Å². The lowest BCUT2D eigenvalue weighted by Gasteiger charge is -2.32. The lowest BCUT2D eigenvalue weighted by molar-refractivity contribution is 0.0526. The van der Waals surface area contributed by atoms with Crippen LogP contribution in [0.2, 0.25) is 0 Å². The summed E-state index contributed by atoms with van der Waals surface area (Å²) in [6, 6.07) is 15.7. The van der Waals surface area contributed by atoms with Crippen LogP contribution in [0.1, 0.15) is 66.2 Å². The molecule has 0 aliphatic heterocycles. The van der Waals surface area contributed by atoms with Gasteiger partial charge >= 0.3 is 5.97 Å². The summed E-state index contributed by atoms with van der Waals surface area (Å²) in [7, 11) is 2.07. The fourth-order valence-electron chi connectivity index (χ4n) is 4.35. The Balaban J connectivity index is 2.00. The zero-order valence-corrected chi connectivity index (χ0v) is 20.9. The summed E-state index contributed by atoms with van der Waals surface area (Å²) < 4.78 is 5.09. The van der Waals surface area contributed by atoms with E-state index in [4.69, 9.17) is 4.74 Å². The van der Waals surface area contributed by atoms with Crippen LogP contribution in [0, 0.1) is 17.2 Å². The Labute approximate surface area is 203 Å². The fourth-order valence-corrected chi connectivity index (χ4v) is 4.35. The highest BCUT2D eigenvalue weighted by Gasteiger charge is 2.36. The lowest BCUT2D eigenvalue weighted by Crippen LogP contribution is -2.33. The molecule has 1 unspecified atom stereocenters. The molecule has 0 bridgehead atoms. The van der Waals surface area contributed by atoms with Crippen LogP contribution in [-0.4, -0.2) is 47.8 Å². The molecule has 0 saturated carbocycles. The Bertz CT molecular complexity index is 983. The van der Waals surface area contributed by atoms with Crippen molar-refractivity contribution in [1.82, 2.24) is 4.90 Å². The van der Waals surface area contributed by atoms with E-state index in [0.29, 0.717) is 29.7 Å². The van der Waals surface area contributed by atoms with Gasteiger partial charge in [0.15, 0.2) is 0 Å². The number of likely N-dealkylation sites (N-methyl/N-ethyl adjacent to an activating group) is 1. The molecule has 2 rings (SSSR count). The number of rotatable bonds is 13. The number of carbonyl (C=O) groups is 1. The van der Waals surface area contributed by atoms with Gasteiger partial charge in [-0.05, 0) is 80.1 Å². The zero-order chi connectivity index (χ0) is 25.1. The maximum absolute atomic E-state index is 12.0. The van der Waals surface area contributed by atoms with Crippen LogP contribution in [0.4, 0.5) is 0 Å². The Kier molecular flexibility index (Phi) is 10.7. The smallest absolute Gasteiger partial charge is 0.338 e. The molecule has 0 aromatic heterocycles. The summed E-state index contributed by atoms with van der Waals surface area (Å²) in [5.41, 5.74) is 3.26. The van der Waals surface area contributed by atoms with E-state index < -0.39 is 5.41 Å². The van der Waals surface area contributed by atoms with Crippen molar-refractivity contribution in [2.45, 2.75) is 58.7 Å².